The quantitative estimate of drug-likeness (QED) is 0.776. The van der Waals surface area contributed by atoms with Gasteiger partial charge in [-0.05, 0) is 57.7 Å². The number of hydrogen-bond acceptors (Lipinski definition) is 3. The lowest BCUT2D eigenvalue weighted by molar-refractivity contribution is -0.140. The fraction of sp³-hybridized carbons (Fsp3) is 0.632. The molecule has 1 amide bonds. The molecule has 1 aromatic rings. The molecule has 1 aliphatic heterocycles. The smallest absolute Gasteiger partial charge is 0.419 e. The highest BCUT2D eigenvalue weighted by atomic mass is 19.4. The number of rotatable bonds is 4. The first-order valence-corrected chi connectivity index (χ1v) is 9.03. The molecule has 0 spiro atoms. The first kappa shape index (κ1) is 19.9. The normalized spacial score (nSPS) is 21.6. The van der Waals surface area contributed by atoms with Crippen LogP contribution in [0.4, 0.5) is 22.4 Å². The fourth-order valence-electron chi connectivity index (χ4n) is 3.26. The SMILES string of the molecule is CC(C)(C)OC(=O)N1CCC1CNC1(c2ccc(F)c(C(F)(F)F)c2)CC1. The van der Waals surface area contributed by atoms with Crippen LogP contribution in [0.25, 0.3) is 0 Å². The van der Waals surface area contributed by atoms with Gasteiger partial charge in [0.25, 0.3) is 0 Å². The minimum Gasteiger partial charge on any atom is -0.444 e. The highest BCUT2D eigenvalue weighted by Gasteiger charge is 2.47. The van der Waals surface area contributed by atoms with Crippen LogP contribution in [0.3, 0.4) is 0 Å². The number of alkyl halides is 3. The second kappa shape index (κ2) is 6.65. The van der Waals surface area contributed by atoms with Crippen LogP contribution >= 0.6 is 0 Å². The molecule has 1 N–H and O–H groups in total. The maximum atomic E-state index is 13.5. The average Bonchev–Trinajstić information content (AvgIpc) is 3.24. The van der Waals surface area contributed by atoms with Crippen LogP contribution in [0.15, 0.2) is 18.2 Å². The summed E-state index contributed by atoms with van der Waals surface area (Å²) in [5.74, 6) is -1.27. The molecule has 1 unspecified atom stereocenters. The summed E-state index contributed by atoms with van der Waals surface area (Å²) in [5.41, 5.74) is -1.97. The van der Waals surface area contributed by atoms with Gasteiger partial charge in [-0.25, -0.2) is 9.18 Å². The maximum Gasteiger partial charge on any atom is 0.419 e. The molecule has 0 aromatic heterocycles. The van der Waals surface area contributed by atoms with E-state index in [1.54, 1.807) is 25.7 Å². The van der Waals surface area contributed by atoms with E-state index in [2.05, 4.69) is 5.32 Å². The molecule has 1 aliphatic carbocycles. The van der Waals surface area contributed by atoms with Crippen molar-refractivity contribution in [3.05, 3.63) is 35.1 Å². The molecule has 3 rings (SSSR count). The van der Waals surface area contributed by atoms with Crippen molar-refractivity contribution in [3.63, 3.8) is 0 Å². The number of carbonyl (C=O) groups excluding carboxylic acids is 1. The number of carbonyl (C=O) groups is 1. The molecule has 0 bridgehead atoms. The summed E-state index contributed by atoms with van der Waals surface area (Å²) in [6.45, 7) is 6.44. The summed E-state index contributed by atoms with van der Waals surface area (Å²) in [4.78, 5) is 13.8. The Bertz CT molecular complexity index is 723. The zero-order valence-electron chi connectivity index (χ0n) is 15.6. The number of nitrogens with one attached hydrogen (secondary N) is 1. The van der Waals surface area contributed by atoms with Gasteiger partial charge < -0.3 is 15.0 Å². The van der Waals surface area contributed by atoms with E-state index in [4.69, 9.17) is 4.74 Å². The van der Waals surface area contributed by atoms with E-state index in [0.717, 1.165) is 18.6 Å². The highest BCUT2D eigenvalue weighted by molar-refractivity contribution is 5.69. The van der Waals surface area contributed by atoms with Crippen LogP contribution in [-0.4, -0.2) is 35.7 Å². The van der Waals surface area contributed by atoms with Crippen LogP contribution in [-0.2, 0) is 16.5 Å². The van der Waals surface area contributed by atoms with E-state index < -0.39 is 28.7 Å². The van der Waals surface area contributed by atoms with Gasteiger partial charge >= 0.3 is 12.3 Å². The Hall–Kier alpha value is -1.83. The van der Waals surface area contributed by atoms with Crippen molar-refractivity contribution in [1.29, 1.82) is 0 Å². The van der Waals surface area contributed by atoms with E-state index >= 15 is 0 Å². The largest absolute Gasteiger partial charge is 0.444 e. The minimum atomic E-state index is -4.72. The fourth-order valence-corrected chi connectivity index (χ4v) is 3.26. The monoisotopic (exact) mass is 388 g/mol. The third-order valence-corrected chi connectivity index (χ3v) is 5.02. The maximum absolute atomic E-state index is 13.5. The van der Waals surface area contributed by atoms with Crippen molar-refractivity contribution < 1.29 is 27.1 Å². The van der Waals surface area contributed by atoms with Crippen LogP contribution in [0, 0.1) is 5.82 Å². The Morgan fingerprint density at radius 3 is 2.44 bits per heavy atom. The van der Waals surface area contributed by atoms with Crippen LogP contribution in [0.5, 0.6) is 0 Å². The number of halogens is 4. The molecule has 4 nitrogen and oxygen atoms in total. The summed E-state index contributed by atoms with van der Waals surface area (Å²) >= 11 is 0. The number of amides is 1. The zero-order chi connectivity index (χ0) is 20.0. The predicted molar refractivity (Wildman–Crippen MR) is 91.7 cm³/mol. The van der Waals surface area contributed by atoms with E-state index in [0.29, 0.717) is 31.5 Å². The van der Waals surface area contributed by atoms with Crippen molar-refractivity contribution in [2.75, 3.05) is 13.1 Å². The number of ether oxygens (including phenoxy) is 1. The Balaban J connectivity index is 1.64. The molecule has 0 radical (unpaired) electrons. The number of nitrogens with zero attached hydrogens (tertiary/aromatic N) is 1. The van der Waals surface area contributed by atoms with Gasteiger partial charge in [-0.3, -0.25) is 0 Å². The van der Waals surface area contributed by atoms with Gasteiger partial charge in [0.1, 0.15) is 11.4 Å². The summed E-state index contributed by atoms with van der Waals surface area (Å²) in [6, 6.07) is 3.11. The summed E-state index contributed by atoms with van der Waals surface area (Å²) in [5, 5.41) is 3.29. The minimum absolute atomic E-state index is 0.0557. The lowest BCUT2D eigenvalue weighted by atomic mass is 9.99. The Morgan fingerprint density at radius 1 is 1.30 bits per heavy atom. The first-order chi connectivity index (χ1) is 12.4. The van der Waals surface area contributed by atoms with E-state index in [1.807, 2.05) is 0 Å². The van der Waals surface area contributed by atoms with Gasteiger partial charge in [0.2, 0.25) is 0 Å². The van der Waals surface area contributed by atoms with Gasteiger partial charge in [0.15, 0.2) is 0 Å². The lowest BCUT2D eigenvalue weighted by Gasteiger charge is -2.42. The van der Waals surface area contributed by atoms with Crippen LogP contribution < -0.4 is 5.32 Å². The van der Waals surface area contributed by atoms with E-state index in [1.165, 1.54) is 6.07 Å². The van der Waals surface area contributed by atoms with Crippen molar-refractivity contribution in [3.8, 4) is 0 Å². The third kappa shape index (κ3) is 4.36. The molecule has 27 heavy (non-hydrogen) atoms. The number of likely N-dealkylation sites (tertiary alicyclic amines) is 1. The van der Waals surface area contributed by atoms with Crippen molar-refractivity contribution >= 4 is 6.09 Å². The van der Waals surface area contributed by atoms with E-state index in [-0.39, 0.29) is 12.1 Å². The molecular formula is C19H24F4N2O2. The van der Waals surface area contributed by atoms with Crippen molar-refractivity contribution in [2.45, 2.75) is 63.4 Å². The Labute approximate surface area is 155 Å². The molecule has 1 aromatic carbocycles. The summed E-state index contributed by atoms with van der Waals surface area (Å²) in [6.07, 6.45) is -2.95. The second-order valence-electron chi connectivity index (χ2n) is 8.27. The predicted octanol–water partition coefficient (Wildman–Crippen LogP) is 4.43. The molecule has 8 heteroatoms. The average molecular weight is 388 g/mol. The molecule has 2 aliphatic rings. The van der Waals surface area contributed by atoms with Crippen LogP contribution in [0.2, 0.25) is 0 Å². The summed E-state index contributed by atoms with van der Waals surface area (Å²) < 4.78 is 57.8. The number of hydrogen-bond donors (Lipinski definition) is 1. The molecule has 2 fully saturated rings. The first-order valence-electron chi connectivity index (χ1n) is 9.03. The van der Waals surface area contributed by atoms with Crippen molar-refractivity contribution in [2.24, 2.45) is 0 Å². The molecule has 1 heterocycles. The second-order valence-corrected chi connectivity index (χ2v) is 8.27. The molecule has 150 valence electrons. The third-order valence-electron chi connectivity index (χ3n) is 5.02. The van der Waals surface area contributed by atoms with Crippen molar-refractivity contribution in [1.82, 2.24) is 10.2 Å². The Kier molecular flexibility index (Phi) is 4.91. The zero-order valence-corrected chi connectivity index (χ0v) is 15.6. The van der Waals surface area contributed by atoms with Gasteiger partial charge in [-0.2, -0.15) is 13.2 Å². The Morgan fingerprint density at radius 2 is 1.96 bits per heavy atom. The highest BCUT2D eigenvalue weighted by Crippen LogP contribution is 2.47. The molecule has 1 atom stereocenters. The lowest BCUT2D eigenvalue weighted by Crippen LogP contribution is -2.57. The van der Waals surface area contributed by atoms with E-state index in [9.17, 15) is 22.4 Å². The summed E-state index contributed by atoms with van der Waals surface area (Å²) in [7, 11) is 0. The topological polar surface area (TPSA) is 41.6 Å². The van der Waals surface area contributed by atoms with Crippen LogP contribution in [0.1, 0.15) is 51.2 Å². The molecule has 1 saturated heterocycles. The number of benzene rings is 1. The van der Waals surface area contributed by atoms with Gasteiger partial charge in [0.05, 0.1) is 5.56 Å². The van der Waals surface area contributed by atoms with Gasteiger partial charge in [0, 0.05) is 24.7 Å². The van der Waals surface area contributed by atoms with Gasteiger partial charge in [-0.15, -0.1) is 0 Å². The van der Waals surface area contributed by atoms with Gasteiger partial charge in [-0.1, -0.05) is 6.07 Å². The standard InChI is InChI=1S/C19H24F4N2O2/c1-17(2,3)27-16(26)25-9-6-13(25)11-24-18(7-8-18)12-4-5-15(20)14(10-12)19(21,22)23/h4-5,10,13,24H,6-9,11H2,1-3H3. The molecule has 1 saturated carbocycles. The molecular weight excluding hydrogens is 364 g/mol.